The predicted molar refractivity (Wildman–Crippen MR) is 83.8 cm³/mol. The van der Waals surface area contributed by atoms with Crippen molar-refractivity contribution in [1.29, 1.82) is 0 Å². The second-order valence-corrected chi connectivity index (χ2v) is 6.07. The summed E-state index contributed by atoms with van der Waals surface area (Å²) in [7, 11) is 0. The summed E-state index contributed by atoms with van der Waals surface area (Å²) in [6, 6.07) is 0. The Labute approximate surface area is 123 Å². The summed E-state index contributed by atoms with van der Waals surface area (Å²) < 4.78 is 0. The fourth-order valence-corrected chi connectivity index (χ4v) is 2.90. The molecule has 1 fully saturated rings. The van der Waals surface area contributed by atoms with Crippen LogP contribution in [0.1, 0.15) is 45.7 Å². The van der Waals surface area contributed by atoms with Gasteiger partial charge >= 0.3 is 0 Å². The molecule has 112 valence electrons. The van der Waals surface area contributed by atoms with Gasteiger partial charge in [0.1, 0.15) is 5.82 Å². The Morgan fingerprint density at radius 1 is 1.30 bits per heavy atom. The molecule has 0 radical (unpaired) electrons. The summed E-state index contributed by atoms with van der Waals surface area (Å²) >= 11 is 0. The average molecular weight is 276 g/mol. The molecule has 0 amide bonds. The summed E-state index contributed by atoms with van der Waals surface area (Å²) in [5.41, 5.74) is 1.04. The van der Waals surface area contributed by atoms with Crippen molar-refractivity contribution in [3.8, 4) is 0 Å². The zero-order chi connectivity index (χ0) is 14.4. The van der Waals surface area contributed by atoms with Crippen LogP contribution in [0.3, 0.4) is 0 Å². The Morgan fingerprint density at radius 3 is 2.90 bits per heavy atom. The van der Waals surface area contributed by atoms with Gasteiger partial charge in [-0.25, -0.2) is 4.98 Å². The molecule has 1 aliphatic rings. The predicted octanol–water partition coefficient (Wildman–Crippen LogP) is 2.85. The normalized spacial score (nSPS) is 20.2. The standard InChI is InChI=1S/C16H28N4/c1-4-17-10-15-11-18-12-16(19-15)20-8-5-6-14(7-9-20)13(2)3/h11-14,17H,4-10H2,1-3H3. The highest BCUT2D eigenvalue weighted by atomic mass is 15.2. The van der Waals surface area contributed by atoms with E-state index in [2.05, 4.69) is 36.0 Å². The summed E-state index contributed by atoms with van der Waals surface area (Å²) in [5.74, 6) is 2.70. The molecule has 4 heteroatoms. The van der Waals surface area contributed by atoms with Gasteiger partial charge in [-0.1, -0.05) is 20.8 Å². The van der Waals surface area contributed by atoms with E-state index in [1.807, 2.05) is 12.4 Å². The molecule has 0 saturated carbocycles. The van der Waals surface area contributed by atoms with Gasteiger partial charge in [-0.3, -0.25) is 4.98 Å². The third-order valence-corrected chi connectivity index (χ3v) is 4.27. The van der Waals surface area contributed by atoms with Crippen molar-refractivity contribution in [2.24, 2.45) is 11.8 Å². The van der Waals surface area contributed by atoms with E-state index < -0.39 is 0 Å². The van der Waals surface area contributed by atoms with Gasteiger partial charge in [-0.05, 0) is 37.6 Å². The second-order valence-electron chi connectivity index (χ2n) is 6.07. The average Bonchev–Trinajstić information content (AvgIpc) is 2.71. The zero-order valence-electron chi connectivity index (χ0n) is 13.1. The van der Waals surface area contributed by atoms with Crippen molar-refractivity contribution < 1.29 is 0 Å². The van der Waals surface area contributed by atoms with Gasteiger partial charge in [-0.15, -0.1) is 0 Å². The van der Waals surface area contributed by atoms with Crippen LogP contribution in [0.15, 0.2) is 12.4 Å². The Morgan fingerprint density at radius 2 is 2.15 bits per heavy atom. The number of hydrogen-bond acceptors (Lipinski definition) is 4. The largest absolute Gasteiger partial charge is 0.355 e. The minimum absolute atomic E-state index is 0.793. The number of hydrogen-bond donors (Lipinski definition) is 1. The molecule has 4 nitrogen and oxygen atoms in total. The van der Waals surface area contributed by atoms with E-state index >= 15 is 0 Å². The quantitative estimate of drug-likeness (QED) is 0.898. The highest BCUT2D eigenvalue weighted by Crippen LogP contribution is 2.26. The van der Waals surface area contributed by atoms with E-state index in [9.17, 15) is 0 Å². The summed E-state index contributed by atoms with van der Waals surface area (Å²) in [6.45, 7) is 10.8. The molecule has 1 saturated heterocycles. The number of aromatic nitrogens is 2. The Balaban J connectivity index is 2.00. The molecule has 2 heterocycles. The SMILES string of the molecule is CCNCc1cncc(N2CCCC(C(C)C)CC2)n1. The lowest BCUT2D eigenvalue weighted by molar-refractivity contribution is 0.351. The van der Waals surface area contributed by atoms with Gasteiger partial charge in [0.25, 0.3) is 0 Å². The molecule has 1 aromatic heterocycles. The molecule has 0 aliphatic carbocycles. The van der Waals surface area contributed by atoms with Crippen LogP contribution >= 0.6 is 0 Å². The van der Waals surface area contributed by atoms with Crippen LogP contribution in [0.5, 0.6) is 0 Å². The number of rotatable bonds is 5. The fraction of sp³-hybridized carbons (Fsp3) is 0.750. The first kappa shape index (κ1) is 15.2. The van der Waals surface area contributed by atoms with Gasteiger partial charge in [0.2, 0.25) is 0 Å². The minimum Gasteiger partial charge on any atom is -0.355 e. The first-order valence-electron chi connectivity index (χ1n) is 7.97. The van der Waals surface area contributed by atoms with Crippen LogP contribution in [0.2, 0.25) is 0 Å². The number of nitrogens with zero attached hydrogens (tertiary/aromatic N) is 3. The zero-order valence-corrected chi connectivity index (χ0v) is 13.1. The van der Waals surface area contributed by atoms with Crippen LogP contribution in [0.25, 0.3) is 0 Å². The molecule has 0 aromatic carbocycles. The maximum atomic E-state index is 4.75. The van der Waals surface area contributed by atoms with Crippen molar-refractivity contribution >= 4 is 5.82 Å². The molecule has 20 heavy (non-hydrogen) atoms. The van der Waals surface area contributed by atoms with Gasteiger partial charge in [0.15, 0.2) is 0 Å². The smallest absolute Gasteiger partial charge is 0.147 e. The molecule has 1 aromatic rings. The lowest BCUT2D eigenvalue weighted by Gasteiger charge is -2.22. The molecule has 1 aliphatic heterocycles. The molecule has 1 unspecified atom stereocenters. The van der Waals surface area contributed by atoms with E-state index in [0.717, 1.165) is 49.5 Å². The molecule has 0 spiro atoms. The van der Waals surface area contributed by atoms with Crippen molar-refractivity contribution in [3.05, 3.63) is 18.1 Å². The minimum atomic E-state index is 0.793. The molecule has 0 bridgehead atoms. The van der Waals surface area contributed by atoms with Crippen molar-refractivity contribution in [2.75, 3.05) is 24.5 Å². The molecular formula is C16H28N4. The Bertz CT molecular complexity index is 405. The molecule has 1 atom stereocenters. The van der Waals surface area contributed by atoms with Gasteiger partial charge in [0, 0.05) is 25.8 Å². The highest BCUT2D eigenvalue weighted by molar-refractivity contribution is 5.36. The second kappa shape index (κ2) is 7.58. The van der Waals surface area contributed by atoms with E-state index in [1.165, 1.54) is 19.3 Å². The third-order valence-electron chi connectivity index (χ3n) is 4.27. The van der Waals surface area contributed by atoms with Gasteiger partial charge < -0.3 is 10.2 Å². The van der Waals surface area contributed by atoms with E-state index in [1.54, 1.807) is 0 Å². The Hall–Kier alpha value is -1.16. The molecule has 2 rings (SSSR count). The monoisotopic (exact) mass is 276 g/mol. The lowest BCUT2D eigenvalue weighted by Crippen LogP contribution is -2.26. The first-order valence-corrected chi connectivity index (χ1v) is 7.97. The van der Waals surface area contributed by atoms with E-state index in [4.69, 9.17) is 4.98 Å². The Kier molecular flexibility index (Phi) is 5.77. The summed E-state index contributed by atoms with van der Waals surface area (Å²) in [6.07, 6.45) is 7.66. The highest BCUT2D eigenvalue weighted by Gasteiger charge is 2.20. The van der Waals surface area contributed by atoms with Crippen LogP contribution in [0, 0.1) is 11.8 Å². The van der Waals surface area contributed by atoms with Gasteiger partial charge in [-0.2, -0.15) is 0 Å². The van der Waals surface area contributed by atoms with Gasteiger partial charge in [0.05, 0.1) is 11.9 Å². The summed E-state index contributed by atoms with van der Waals surface area (Å²) in [4.78, 5) is 11.5. The topological polar surface area (TPSA) is 41.1 Å². The maximum absolute atomic E-state index is 4.75. The van der Waals surface area contributed by atoms with Crippen LogP contribution in [-0.4, -0.2) is 29.6 Å². The fourth-order valence-electron chi connectivity index (χ4n) is 2.90. The first-order chi connectivity index (χ1) is 9.70. The summed E-state index contributed by atoms with van der Waals surface area (Å²) in [5, 5.41) is 3.31. The molecular weight excluding hydrogens is 248 g/mol. The van der Waals surface area contributed by atoms with E-state index in [0.29, 0.717) is 0 Å². The van der Waals surface area contributed by atoms with Crippen LogP contribution < -0.4 is 10.2 Å². The van der Waals surface area contributed by atoms with Crippen molar-refractivity contribution in [3.63, 3.8) is 0 Å². The third kappa shape index (κ3) is 4.17. The van der Waals surface area contributed by atoms with Crippen molar-refractivity contribution in [2.45, 2.75) is 46.6 Å². The number of nitrogens with one attached hydrogen (secondary N) is 1. The maximum Gasteiger partial charge on any atom is 0.147 e. The van der Waals surface area contributed by atoms with Crippen LogP contribution in [0.4, 0.5) is 5.82 Å². The van der Waals surface area contributed by atoms with Crippen LogP contribution in [-0.2, 0) is 6.54 Å². The molecule has 1 N–H and O–H groups in total. The van der Waals surface area contributed by atoms with E-state index in [-0.39, 0.29) is 0 Å². The van der Waals surface area contributed by atoms with Crippen molar-refractivity contribution in [1.82, 2.24) is 15.3 Å². The lowest BCUT2D eigenvalue weighted by atomic mass is 9.89. The number of anilines is 1.